The number of nitrogens with one attached hydrogen (secondary N) is 2. The fourth-order valence-electron chi connectivity index (χ4n) is 2.91. The molecule has 0 aromatic heterocycles. The molecular formula is C16H21ClFN3O2. The van der Waals surface area contributed by atoms with Crippen LogP contribution in [0.5, 0.6) is 0 Å². The molecule has 2 amide bonds. The molecule has 126 valence electrons. The van der Waals surface area contributed by atoms with E-state index in [1.165, 1.54) is 12.1 Å². The van der Waals surface area contributed by atoms with Gasteiger partial charge in [0.25, 0.3) is 0 Å². The molecule has 1 aliphatic carbocycles. The summed E-state index contributed by atoms with van der Waals surface area (Å²) >= 11 is 5.87. The molecule has 0 atom stereocenters. The summed E-state index contributed by atoms with van der Waals surface area (Å²) in [6, 6.07) is 3.58. The van der Waals surface area contributed by atoms with Gasteiger partial charge in [0.1, 0.15) is 5.82 Å². The lowest BCUT2D eigenvalue weighted by molar-refractivity contribution is -0.136. The summed E-state index contributed by atoms with van der Waals surface area (Å²) in [7, 11) is 3.95. The summed E-state index contributed by atoms with van der Waals surface area (Å²) in [5, 5.41) is 5.18. The van der Waals surface area contributed by atoms with Gasteiger partial charge in [-0.25, -0.2) is 4.39 Å². The van der Waals surface area contributed by atoms with Gasteiger partial charge in [0, 0.05) is 12.1 Å². The molecule has 23 heavy (non-hydrogen) atoms. The Balaban J connectivity index is 1.95. The standard InChI is InChI=1S/C16H21ClFN3O2/c1-21(2)16(7-3-4-8-16)10-19-14(22)15(23)20-13-9-11(18)5-6-12(13)17/h5-6,9H,3-4,7-8,10H2,1-2H3,(H,19,22)(H,20,23). The van der Waals surface area contributed by atoms with Crippen LogP contribution in [0.4, 0.5) is 10.1 Å². The second-order valence-corrected chi connectivity index (χ2v) is 6.49. The summed E-state index contributed by atoms with van der Waals surface area (Å²) in [4.78, 5) is 26.0. The summed E-state index contributed by atoms with van der Waals surface area (Å²) in [5.41, 5.74) is -0.0260. The van der Waals surface area contributed by atoms with E-state index >= 15 is 0 Å². The van der Waals surface area contributed by atoms with E-state index in [1.807, 2.05) is 14.1 Å². The number of halogens is 2. The van der Waals surface area contributed by atoms with Crippen molar-refractivity contribution in [3.05, 3.63) is 29.0 Å². The second-order valence-electron chi connectivity index (χ2n) is 6.09. The van der Waals surface area contributed by atoms with Crippen LogP contribution in [0.25, 0.3) is 0 Å². The molecule has 0 unspecified atom stereocenters. The van der Waals surface area contributed by atoms with Crippen LogP contribution in [0.2, 0.25) is 5.02 Å². The summed E-state index contributed by atoms with van der Waals surface area (Å²) in [6.45, 7) is 0.406. The van der Waals surface area contributed by atoms with Gasteiger partial charge in [-0.05, 0) is 45.1 Å². The number of anilines is 1. The molecule has 2 rings (SSSR count). The average Bonchev–Trinajstić information content (AvgIpc) is 2.98. The smallest absolute Gasteiger partial charge is 0.313 e. The maximum atomic E-state index is 13.2. The largest absolute Gasteiger partial charge is 0.346 e. The Morgan fingerprint density at radius 1 is 1.26 bits per heavy atom. The van der Waals surface area contributed by atoms with Crippen molar-refractivity contribution in [2.75, 3.05) is 26.0 Å². The molecule has 1 saturated carbocycles. The molecule has 0 heterocycles. The summed E-state index contributed by atoms with van der Waals surface area (Å²) in [6.07, 6.45) is 4.19. The molecule has 2 N–H and O–H groups in total. The highest BCUT2D eigenvalue weighted by atomic mass is 35.5. The van der Waals surface area contributed by atoms with Crippen LogP contribution < -0.4 is 10.6 Å². The van der Waals surface area contributed by atoms with Crippen LogP contribution in [0, 0.1) is 5.82 Å². The highest BCUT2D eigenvalue weighted by Crippen LogP contribution is 2.33. The van der Waals surface area contributed by atoms with E-state index in [9.17, 15) is 14.0 Å². The van der Waals surface area contributed by atoms with E-state index in [-0.39, 0.29) is 16.2 Å². The number of likely N-dealkylation sites (N-methyl/N-ethyl adjacent to an activating group) is 1. The predicted octanol–water partition coefficient (Wildman–Crippen LogP) is 2.41. The van der Waals surface area contributed by atoms with Crippen LogP contribution in [0.15, 0.2) is 18.2 Å². The van der Waals surface area contributed by atoms with E-state index in [4.69, 9.17) is 11.6 Å². The lowest BCUT2D eigenvalue weighted by Crippen LogP contribution is -2.52. The SMILES string of the molecule is CN(C)C1(CNC(=O)C(=O)Nc2cc(F)ccc2Cl)CCCC1. The number of carbonyl (C=O) groups is 2. The highest BCUT2D eigenvalue weighted by Gasteiger charge is 2.36. The average molecular weight is 342 g/mol. The van der Waals surface area contributed by atoms with Gasteiger partial charge in [-0.1, -0.05) is 24.4 Å². The molecule has 0 saturated heterocycles. The molecular weight excluding hydrogens is 321 g/mol. The number of hydrogen-bond donors (Lipinski definition) is 2. The van der Waals surface area contributed by atoms with E-state index in [0.717, 1.165) is 31.7 Å². The van der Waals surface area contributed by atoms with Crippen molar-refractivity contribution < 1.29 is 14.0 Å². The number of amides is 2. The van der Waals surface area contributed by atoms with Crippen molar-refractivity contribution in [2.24, 2.45) is 0 Å². The van der Waals surface area contributed by atoms with Gasteiger partial charge in [0.15, 0.2) is 0 Å². The molecule has 1 aliphatic rings. The first kappa shape index (κ1) is 17.7. The van der Waals surface area contributed by atoms with Crippen molar-refractivity contribution in [1.82, 2.24) is 10.2 Å². The zero-order valence-corrected chi connectivity index (χ0v) is 14.0. The van der Waals surface area contributed by atoms with Crippen molar-refractivity contribution in [3.8, 4) is 0 Å². The fourth-order valence-corrected chi connectivity index (χ4v) is 3.08. The van der Waals surface area contributed by atoms with Gasteiger partial charge in [-0.2, -0.15) is 0 Å². The quantitative estimate of drug-likeness (QED) is 0.827. The van der Waals surface area contributed by atoms with Crippen LogP contribution in [-0.4, -0.2) is 42.9 Å². The minimum Gasteiger partial charge on any atom is -0.346 e. The van der Waals surface area contributed by atoms with Gasteiger partial charge in [-0.3, -0.25) is 9.59 Å². The predicted molar refractivity (Wildman–Crippen MR) is 87.9 cm³/mol. The van der Waals surface area contributed by atoms with Gasteiger partial charge in [0.2, 0.25) is 0 Å². The first-order valence-electron chi connectivity index (χ1n) is 7.56. The number of nitrogens with zero attached hydrogens (tertiary/aromatic N) is 1. The third kappa shape index (κ3) is 4.20. The Labute approximate surface area is 140 Å². The Morgan fingerprint density at radius 2 is 1.91 bits per heavy atom. The topological polar surface area (TPSA) is 61.4 Å². The Morgan fingerprint density at radius 3 is 2.52 bits per heavy atom. The minimum atomic E-state index is -0.857. The third-order valence-corrected chi connectivity index (χ3v) is 4.77. The molecule has 0 radical (unpaired) electrons. The van der Waals surface area contributed by atoms with Crippen molar-refractivity contribution in [3.63, 3.8) is 0 Å². The monoisotopic (exact) mass is 341 g/mol. The normalized spacial score (nSPS) is 16.4. The maximum Gasteiger partial charge on any atom is 0.313 e. The lowest BCUT2D eigenvalue weighted by Gasteiger charge is -2.36. The molecule has 1 aromatic rings. The number of rotatable bonds is 4. The molecule has 7 heteroatoms. The van der Waals surface area contributed by atoms with Crippen molar-refractivity contribution in [1.29, 1.82) is 0 Å². The lowest BCUT2D eigenvalue weighted by atomic mass is 9.96. The Kier molecular flexibility index (Phi) is 5.59. The van der Waals surface area contributed by atoms with Gasteiger partial charge >= 0.3 is 11.8 Å². The van der Waals surface area contributed by atoms with Crippen LogP contribution in [0.1, 0.15) is 25.7 Å². The van der Waals surface area contributed by atoms with Crippen LogP contribution in [-0.2, 0) is 9.59 Å². The number of hydrogen-bond acceptors (Lipinski definition) is 3. The Bertz CT molecular complexity index is 601. The zero-order chi connectivity index (χ0) is 17.0. The fraction of sp³-hybridized carbons (Fsp3) is 0.500. The van der Waals surface area contributed by atoms with Gasteiger partial charge in [0.05, 0.1) is 10.7 Å². The van der Waals surface area contributed by atoms with E-state index in [2.05, 4.69) is 15.5 Å². The van der Waals surface area contributed by atoms with E-state index in [0.29, 0.717) is 6.54 Å². The number of benzene rings is 1. The van der Waals surface area contributed by atoms with Crippen molar-refractivity contribution >= 4 is 29.1 Å². The van der Waals surface area contributed by atoms with Gasteiger partial charge < -0.3 is 15.5 Å². The van der Waals surface area contributed by atoms with Crippen LogP contribution >= 0.6 is 11.6 Å². The third-order valence-electron chi connectivity index (χ3n) is 4.44. The second kappa shape index (κ2) is 7.27. The zero-order valence-electron chi connectivity index (χ0n) is 13.3. The van der Waals surface area contributed by atoms with E-state index in [1.54, 1.807) is 0 Å². The van der Waals surface area contributed by atoms with Gasteiger partial charge in [-0.15, -0.1) is 0 Å². The first-order valence-corrected chi connectivity index (χ1v) is 7.93. The van der Waals surface area contributed by atoms with Crippen molar-refractivity contribution in [2.45, 2.75) is 31.2 Å². The summed E-state index contributed by atoms with van der Waals surface area (Å²) in [5.74, 6) is -2.15. The molecule has 0 spiro atoms. The highest BCUT2D eigenvalue weighted by molar-refractivity contribution is 6.41. The number of carbonyl (C=O) groups excluding carboxylic acids is 2. The minimum absolute atomic E-state index is 0.0787. The molecule has 5 nitrogen and oxygen atoms in total. The summed E-state index contributed by atoms with van der Waals surface area (Å²) < 4.78 is 13.2. The molecule has 0 aliphatic heterocycles. The molecule has 1 aromatic carbocycles. The molecule has 1 fully saturated rings. The first-order chi connectivity index (χ1) is 10.8. The van der Waals surface area contributed by atoms with Crippen LogP contribution in [0.3, 0.4) is 0 Å². The maximum absolute atomic E-state index is 13.2. The molecule has 0 bridgehead atoms. The Hall–Kier alpha value is -1.66. The van der Waals surface area contributed by atoms with E-state index < -0.39 is 17.6 Å².